The molecule has 0 spiro atoms. The lowest BCUT2D eigenvalue weighted by molar-refractivity contribution is 0.0749. The SMILES string of the molecule is CCCN1C(=O)c2cc3ccccc3nc2C1c1cnc(OC)c(C)c1. The van der Waals surface area contributed by atoms with Gasteiger partial charge < -0.3 is 9.64 Å². The van der Waals surface area contributed by atoms with E-state index in [1.807, 2.05) is 48.2 Å². The Bertz CT molecular complexity index is 1000. The van der Waals surface area contributed by atoms with Gasteiger partial charge in [-0.2, -0.15) is 0 Å². The number of nitrogens with zero attached hydrogens (tertiary/aromatic N) is 3. The Labute approximate surface area is 152 Å². The van der Waals surface area contributed by atoms with E-state index in [0.29, 0.717) is 18.0 Å². The smallest absolute Gasteiger partial charge is 0.256 e. The summed E-state index contributed by atoms with van der Waals surface area (Å²) in [5.74, 6) is 0.644. The Morgan fingerprint density at radius 1 is 1.23 bits per heavy atom. The van der Waals surface area contributed by atoms with Crippen molar-refractivity contribution in [3.8, 4) is 5.88 Å². The fourth-order valence-corrected chi connectivity index (χ4v) is 3.69. The summed E-state index contributed by atoms with van der Waals surface area (Å²) in [7, 11) is 1.61. The van der Waals surface area contributed by atoms with Gasteiger partial charge in [0.15, 0.2) is 0 Å². The van der Waals surface area contributed by atoms with Gasteiger partial charge in [0.05, 0.1) is 23.9 Å². The van der Waals surface area contributed by atoms with E-state index in [0.717, 1.165) is 34.1 Å². The first-order chi connectivity index (χ1) is 12.6. The van der Waals surface area contributed by atoms with Gasteiger partial charge >= 0.3 is 0 Å². The maximum absolute atomic E-state index is 13.1. The molecule has 3 aromatic rings. The molecule has 0 saturated carbocycles. The molecule has 0 fully saturated rings. The van der Waals surface area contributed by atoms with E-state index in [1.54, 1.807) is 13.3 Å². The Hall–Kier alpha value is -2.95. The maximum atomic E-state index is 13.1. The van der Waals surface area contributed by atoms with Crippen molar-refractivity contribution in [2.45, 2.75) is 26.3 Å². The second-order valence-electron chi connectivity index (χ2n) is 6.61. The molecule has 132 valence electrons. The van der Waals surface area contributed by atoms with E-state index >= 15 is 0 Å². The summed E-state index contributed by atoms with van der Waals surface area (Å²) in [6.45, 7) is 4.72. The Morgan fingerprint density at radius 3 is 2.77 bits per heavy atom. The molecule has 26 heavy (non-hydrogen) atoms. The van der Waals surface area contributed by atoms with Crippen LogP contribution in [0.5, 0.6) is 5.88 Å². The van der Waals surface area contributed by atoms with Crippen molar-refractivity contribution < 1.29 is 9.53 Å². The molecule has 5 heteroatoms. The third-order valence-corrected chi connectivity index (χ3v) is 4.84. The van der Waals surface area contributed by atoms with Crippen molar-refractivity contribution in [1.29, 1.82) is 0 Å². The van der Waals surface area contributed by atoms with Gasteiger partial charge in [0, 0.05) is 23.7 Å². The Balaban J connectivity index is 1.91. The fourth-order valence-electron chi connectivity index (χ4n) is 3.69. The number of methoxy groups -OCH3 is 1. The number of aromatic nitrogens is 2. The predicted molar refractivity (Wildman–Crippen MR) is 100 cm³/mol. The number of benzene rings is 1. The molecule has 0 radical (unpaired) electrons. The summed E-state index contributed by atoms with van der Waals surface area (Å²) in [5.41, 5.74) is 4.32. The molecule has 1 aromatic carbocycles. The van der Waals surface area contributed by atoms with Crippen LogP contribution in [0.2, 0.25) is 0 Å². The summed E-state index contributed by atoms with van der Waals surface area (Å²) in [4.78, 5) is 24.2. The Kier molecular flexibility index (Phi) is 4.07. The van der Waals surface area contributed by atoms with Crippen LogP contribution < -0.4 is 4.74 Å². The number of rotatable bonds is 4. The standard InChI is InChI=1S/C21H21N3O2/c1-4-9-24-19(15-10-13(2)20(26-3)22-12-15)18-16(21(24)25)11-14-7-5-6-8-17(14)23-18/h5-8,10-12,19H,4,9H2,1-3H3. The highest BCUT2D eigenvalue weighted by Gasteiger charge is 2.39. The van der Waals surface area contributed by atoms with Gasteiger partial charge in [-0.05, 0) is 37.1 Å². The molecule has 2 aromatic heterocycles. The highest BCUT2D eigenvalue weighted by atomic mass is 16.5. The van der Waals surface area contributed by atoms with Crippen molar-refractivity contribution in [2.24, 2.45) is 0 Å². The molecular formula is C21H21N3O2. The number of fused-ring (bicyclic) bond motifs is 2. The highest BCUT2D eigenvalue weighted by Crippen LogP contribution is 2.39. The minimum atomic E-state index is -0.209. The van der Waals surface area contributed by atoms with Crippen molar-refractivity contribution >= 4 is 16.8 Å². The minimum absolute atomic E-state index is 0.0403. The zero-order valence-corrected chi connectivity index (χ0v) is 15.2. The quantitative estimate of drug-likeness (QED) is 0.718. The molecule has 4 rings (SSSR count). The van der Waals surface area contributed by atoms with E-state index in [2.05, 4.69) is 11.9 Å². The largest absolute Gasteiger partial charge is 0.481 e. The van der Waals surface area contributed by atoms with E-state index in [-0.39, 0.29) is 11.9 Å². The van der Waals surface area contributed by atoms with Crippen LogP contribution in [0.3, 0.4) is 0 Å². The summed E-state index contributed by atoms with van der Waals surface area (Å²) < 4.78 is 5.28. The second kappa shape index (κ2) is 6.41. The lowest BCUT2D eigenvalue weighted by Gasteiger charge is -2.25. The van der Waals surface area contributed by atoms with Gasteiger partial charge in [0.1, 0.15) is 6.04 Å². The number of aryl methyl sites for hydroxylation is 1. The molecule has 3 heterocycles. The number of amides is 1. The lowest BCUT2D eigenvalue weighted by atomic mass is 10.0. The maximum Gasteiger partial charge on any atom is 0.256 e. The third kappa shape index (κ3) is 2.51. The first-order valence-corrected chi connectivity index (χ1v) is 8.85. The van der Waals surface area contributed by atoms with Gasteiger partial charge in [-0.15, -0.1) is 0 Å². The molecule has 0 aliphatic carbocycles. The molecule has 1 unspecified atom stereocenters. The molecule has 1 aliphatic heterocycles. The van der Waals surface area contributed by atoms with Crippen LogP contribution >= 0.6 is 0 Å². The normalized spacial score (nSPS) is 16.2. The van der Waals surface area contributed by atoms with Crippen LogP contribution in [0.25, 0.3) is 10.9 Å². The minimum Gasteiger partial charge on any atom is -0.481 e. The van der Waals surface area contributed by atoms with Gasteiger partial charge in [-0.1, -0.05) is 25.1 Å². The second-order valence-corrected chi connectivity index (χ2v) is 6.61. The monoisotopic (exact) mass is 347 g/mol. The number of para-hydroxylation sites is 1. The van der Waals surface area contributed by atoms with E-state index in [1.165, 1.54) is 0 Å². The van der Waals surface area contributed by atoms with Crippen LogP contribution in [0.4, 0.5) is 0 Å². The van der Waals surface area contributed by atoms with Crippen molar-refractivity contribution in [1.82, 2.24) is 14.9 Å². The number of carbonyl (C=O) groups excluding carboxylic acids is 1. The molecule has 0 bridgehead atoms. The molecule has 1 atom stereocenters. The first kappa shape index (κ1) is 16.5. The molecule has 1 amide bonds. The highest BCUT2D eigenvalue weighted by molar-refractivity contribution is 6.02. The van der Waals surface area contributed by atoms with E-state index in [9.17, 15) is 4.79 Å². The average Bonchev–Trinajstić information content (AvgIpc) is 2.92. The number of hydrogen-bond acceptors (Lipinski definition) is 4. The molecule has 1 aliphatic rings. The fraction of sp³-hybridized carbons (Fsp3) is 0.286. The van der Waals surface area contributed by atoms with Gasteiger partial charge in [0.2, 0.25) is 5.88 Å². The van der Waals surface area contributed by atoms with Crippen LogP contribution in [-0.2, 0) is 0 Å². The summed E-state index contributed by atoms with van der Waals surface area (Å²) >= 11 is 0. The number of ether oxygens (including phenoxy) is 1. The van der Waals surface area contributed by atoms with Gasteiger partial charge in [0.25, 0.3) is 5.91 Å². The third-order valence-electron chi connectivity index (χ3n) is 4.84. The topological polar surface area (TPSA) is 55.3 Å². The lowest BCUT2D eigenvalue weighted by Crippen LogP contribution is -2.29. The van der Waals surface area contributed by atoms with Crippen molar-refractivity contribution in [3.63, 3.8) is 0 Å². The van der Waals surface area contributed by atoms with Crippen LogP contribution in [0.1, 0.15) is 46.6 Å². The van der Waals surface area contributed by atoms with Gasteiger partial charge in [-0.25, -0.2) is 9.97 Å². The molecular weight excluding hydrogens is 326 g/mol. The number of hydrogen-bond donors (Lipinski definition) is 0. The van der Waals surface area contributed by atoms with Crippen LogP contribution in [-0.4, -0.2) is 34.4 Å². The van der Waals surface area contributed by atoms with E-state index in [4.69, 9.17) is 9.72 Å². The summed E-state index contributed by atoms with van der Waals surface area (Å²) in [6, 6.07) is 11.7. The average molecular weight is 347 g/mol. The van der Waals surface area contributed by atoms with E-state index < -0.39 is 0 Å². The zero-order chi connectivity index (χ0) is 18.3. The molecule has 0 saturated heterocycles. The van der Waals surface area contributed by atoms with Crippen molar-refractivity contribution in [3.05, 3.63) is 65.0 Å². The van der Waals surface area contributed by atoms with Crippen LogP contribution in [0, 0.1) is 6.92 Å². The van der Waals surface area contributed by atoms with Crippen molar-refractivity contribution in [2.75, 3.05) is 13.7 Å². The number of pyridine rings is 2. The number of carbonyl (C=O) groups is 1. The molecule has 0 N–H and O–H groups in total. The summed E-state index contributed by atoms with van der Waals surface area (Å²) in [5, 5.41) is 0.987. The van der Waals surface area contributed by atoms with Gasteiger partial charge in [-0.3, -0.25) is 4.79 Å². The zero-order valence-electron chi connectivity index (χ0n) is 15.2. The van der Waals surface area contributed by atoms with Crippen LogP contribution in [0.15, 0.2) is 42.6 Å². The summed E-state index contributed by atoms with van der Waals surface area (Å²) in [6.07, 6.45) is 2.68. The predicted octanol–water partition coefficient (Wildman–Crippen LogP) is 3.90. The Morgan fingerprint density at radius 2 is 2.04 bits per heavy atom. The molecule has 5 nitrogen and oxygen atoms in total. The first-order valence-electron chi connectivity index (χ1n) is 8.85.